The largest absolute Gasteiger partial charge is 0.366 e. The van der Waals surface area contributed by atoms with Gasteiger partial charge < -0.3 is 16.0 Å². The smallest absolute Gasteiger partial charge is 0.255 e. The monoisotopic (exact) mass is 325 g/mol. The van der Waals surface area contributed by atoms with Gasteiger partial charge in [-0.25, -0.2) is 0 Å². The standard InChI is InChI=1S/C18H19N3O3/c1-3-21(2)18(24)13-8-6-7-12(11-13)17(23)20-15-10-5-4-9-14(15)16(19)22/h4-11H,3H2,1-2H3,(H2,19,22)(H,20,23). The molecule has 0 saturated carbocycles. The van der Waals surface area contributed by atoms with Gasteiger partial charge >= 0.3 is 0 Å². The minimum atomic E-state index is -0.626. The van der Waals surface area contributed by atoms with E-state index in [1.54, 1.807) is 48.3 Å². The van der Waals surface area contributed by atoms with Crippen LogP contribution in [-0.2, 0) is 0 Å². The molecule has 0 heterocycles. The molecule has 0 aromatic heterocycles. The van der Waals surface area contributed by atoms with E-state index in [0.29, 0.717) is 23.4 Å². The van der Waals surface area contributed by atoms with E-state index in [4.69, 9.17) is 5.73 Å². The van der Waals surface area contributed by atoms with Crippen LogP contribution in [0.2, 0.25) is 0 Å². The molecule has 0 fully saturated rings. The Kier molecular flexibility index (Phi) is 5.31. The van der Waals surface area contributed by atoms with Gasteiger partial charge in [-0.15, -0.1) is 0 Å². The predicted octanol–water partition coefficient (Wildman–Crippen LogP) is 2.13. The summed E-state index contributed by atoms with van der Waals surface area (Å²) in [4.78, 5) is 37.6. The zero-order valence-corrected chi connectivity index (χ0v) is 13.6. The summed E-state index contributed by atoms with van der Waals surface area (Å²) in [5.74, 6) is -1.21. The highest BCUT2D eigenvalue weighted by atomic mass is 16.2. The Labute approximate surface area is 140 Å². The molecule has 6 nitrogen and oxygen atoms in total. The molecule has 0 aliphatic heterocycles. The van der Waals surface area contributed by atoms with E-state index in [0.717, 1.165) is 0 Å². The summed E-state index contributed by atoms with van der Waals surface area (Å²) in [6.07, 6.45) is 0. The number of nitrogens with one attached hydrogen (secondary N) is 1. The predicted molar refractivity (Wildman–Crippen MR) is 92.0 cm³/mol. The quantitative estimate of drug-likeness (QED) is 0.882. The van der Waals surface area contributed by atoms with Crippen molar-refractivity contribution in [1.29, 1.82) is 0 Å². The van der Waals surface area contributed by atoms with Gasteiger partial charge in [0, 0.05) is 24.7 Å². The average molecular weight is 325 g/mol. The van der Waals surface area contributed by atoms with Crippen LogP contribution in [0.4, 0.5) is 5.69 Å². The number of nitrogens with zero attached hydrogens (tertiary/aromatic N) is 1. The summed E-state index contributed by atoms with van der Waals surface area (Å²) in [6.45, 7) is 2.44. The lowest BCUT2D eigenvalue weighted by Gasteiger charge is -2.15. The zero-order chi connectivity index (χ0) is 17.7. The Balaban J connectivity index is 2.25. The minimum absolute atomic E-state index is 0.162. The van der Waals surface area contributed by atoms with Crippen LogP contribution in [-0.4, -0.2) is 36.2 Å². The van der Waals surface area contributed by atoms with Crippen LogP contribution in [0.5, 0.6) is 0 Å². The summed E-state index contributed by atoms with van der Waals surface area (Å²) in [6, 6.07) is 12.9. The van der Waals surface area contributed by atoms with Crippen molar-refractivity contribution >= 4 is 23.4 Å². The van der Waals surface area contributed by atoms with Crippen LogP contribution in [0.3, 0.4) is 0 Å². The van der Waals surface area contributed by atoms with Crippen molar-refractivity contribution in [2.24, 2.45) is 5.73 Å². The van der Waals surface area contributed by atoms with Gasteiger partial charge in [-0.05, 0) is 37.3 Å². The molecule has 2 aromatic rings. The van der Waals surface area contributed by atoms with E-state index in [1.165, 1.54) is 12.1 Å². The molecule has 3 amide bonds. The summed E-state index contributed by atoms with van der Waals surface area (Å²) in [5, 5.41) is 2.65. The lowest BCUT2D eigenvalue weighted by molar-refractivity contribution is 0.0802. The van der Waals surface area contributed by atoms with Crippen molar-refractivity contribution in [1.82, 2.24) is 4.90 Å². The fourth-order valence-electron chi connectivity index (χ4n) is 2.16. The summed E-state index contributed by atoms with van der Waals surface area (Å²) in [7, 11) is 1.69. The lowest BCUT2D eigenvalue weighted by atomic mass is 10.1. The Bertz CT molecular complexity index is 787. The number of hydrogen-bond acceptors (Lipinski definition) is 3. The van der Waals surface area contributed by atoms with E-state index >= 15 is 0 Å². The first-order valence-corrected chi connectivity index (χ1v) is 7.49. The van der Waals surface area contributed by atoms with Crippen molar-refractivity contribution in [2.75, 3.05) is 18.9 Å². The number of para-hydroxylation sites is 1. The summed E-state index contributed by atoms with van der Waals surface area (Å²) in [5.41, 5.74) is 6.61. The maximum atomic E-state index is 12.4. The molecule has 124 valence electrons. The van der Waals surface area contributed by atoms with E-state index in [2.05, 4.69) is 5.32 Å². The number of rotatable bonds is 5. The molecule has 24 heavy (non-hydrogen) atoms. The molecule has 0 bridgehead atoms. The summed E-state index contributed by atoms with van der Waals surface area (Å²) < 4.78 is 0. The molecule has 0 aliphatic rings. The highest BCUT2D eigenvalue weighted by Gasteiger charge is 2.15. The van der Waals surface area contributed by atoms with Gasteiger partial charge in [0.1, 0.15) is 0 Å². The molecule has 0 radical (unpaired) electrons. The van der Waals surface area contributed by atoms with E-state index in [9.17, 15) is 14.4 Å². The fourth-order valence-corrected chi connectivity index (χ4v) is 2.16. The first-order chi connectivity index (χ1) is 11.4. The zero-order valence-electron chi connectivity index (χ0n) is 13.6. The summed E-state index contributed by atoms with van der Waals surface area (Å²) >= 11 is 0. The minimum Gasteiger partial charge on any atom is -0.366 e. The SMILES string of the molecule is CCN(C)C(=O)c1cccc(C(=O)Nc2ccccc2C(N)=O)c1. The number of carbonyl (C=O) groups is 3. The number of carbonyl (C=O) groups excluding carboxylic acids is 3. The van der Waals surface area contributed by atoms with Crippen LogP contribution in [0, 0.1) is 0 Å². The normalized spacial score (nSPS) is 10.1. The average Bonchev–Trinajstić information content (AvgIpc) is 2.60. The second-order valence-electron chi connectivity index (χ2n) is 5.26. The molecule has 3 N–H and O–H groups in total. The second-order valence-corrected chi connectivity index (χ2v) is 5.26. The van der Waals surface area contributed by atoms with Crippen molar-refractivity contribution < 1.29 is 14.4 Å². The molecular formula is C18H19N3O3. The Morgan fingerprint density at radius 3 is 2.38 bits per heavy atom. The maximum absolute atomic E-state index is 12.4. The molecule has 0 aliphatic carbocycles. The van der Waals surface area contributed by atoms with Gasteiger partial charge in [0.25, 0.3) is 17.7 Å². The third-order valence-electron chi connectivity index (χ3n) is 3.63. The third-order valence-corrected chi connectivity index (χ3v) is 3.63. The van der Waals surface area contributed by atoms with E-state index in [1.807, 2.05) is 6.92 Å². The highest BCUT2D eigenvalue weighted by molar-refractivity contribution is 6.09. The molecule has 0 atom stereocenters. The Morgan fingerprint density at radius 1 is 1.04 bits per heavy atom. The lowest BCUT2D eigenvalue weighted by Crippen LogP contribution is -2.26. The number of anilines is 1. The van der Waals surface area contributed by atoms with Crippen molar-refractivity contribution in [3.8, 4) is 0 Å². The van der Waals surface area contributed by atoms with Crippen LogP contribution in [0.1, 0.15) is 38.0 Å². The van der Waals surface area contributed by atoms with Crippen LogP contribution in [0.25, 0.3) is 0 Å². The van der Waals surface area contributed by atoms with Gasteiger partial charge in [0.2, 0.25) is 0 Å². The number of amides is 3. The molecule has 6 heteroatoms. The van der Waals surface area contributed by atoms with Crippen LogP contribution < -0.4 is 11.1 Å². The van der Waals surface area contributed by atoms with E-state index < -0.39 is 11.8 Å². The fraction of sp³-hybridized carbons (Fsp3) is 0.167. The molecule has 0 spiro atoms. The second kappa shape index (κ2) is 7.41. The van der Waals surface area contributed by atoms with Gasteiger partial charge in [-0.1, -0.05) is 18.2 Å². The van der Waals surface area contributed by atoms with Crippen molar-refractivity contribution in [3.63, 3.8) is 0 Å². The van der Waals surface area contributed by atoms with E-state index in [-0.39, 0.29) is 11.5 Å². The third kappa shape index (κ3) is 3.78. The number of hydrogen-bond donors (Lipinski definition) is 2. The Hall–Kier alpha value is -3.15. The molecule has 2 aromatic carbocycles. The van der Waals surface area contributed by atoms with Gasteiger partial charge in [-0.3, -0.25) is 14.4 Å². The first kappa shape index (κ1) is 17.2. The molecule has 0 unspecified atom stereocenters. The Morgan fingerprint density at radius 2 is 1.71 bits per heavy atom. The van der Waals surface area contributed by atoms with Gasteiger partial charge in [0.05, 0.1) is 11.3 Å². The van der Waals surface area contributed by atoms with Gasteiger partial charge in [-0.2, -0.15) is 0 Å². The maximum Gasteiger partial charge on any atom is 0.255 e. The van der Waals surface area contributed by atoms with Crippen LogP contribution >= 0.6 is 0 Å². The highest BCUT2D eigenvalue weighted by Crippen LogP contribution is 2.16. The van der Waals surface area contributed by atoms with Gasteiger partial charge in [0.15, 0.2) is 0 Å². The molecule has 2 rings (SSSR count). The van der Waals surface area contributed by atoms with Crippen molar-refractivity contribution in [3.05, 3.63) is 65.2 Å². The number of primary amides is 1. The topological polar surface area (TPSA) is 92.5 Å². The number of benzene rings is 2. The number of nitrogens with two attached hydrogens (primary N) is 1. The molecular weight excluding hydrogens is 306 g/mol. The molecule has 0 saturated heterocycles. The first-order valence-electron chi connectivity index (χ1n) is 7.49. The van der Waals surface area contributed by atoms with Crippen LogP contribution in [0.15, 0.2) is 48.5 Å². The van der Waals surface area contributed by atoms with Crippen molar-refractivity contribution in [2.45, 2.75) is 6.92 Å².